The fraction of sp³-hybridized carbons (Fsp3) is 0.429. The second-order valence-corrected chi connectivity index (χ2v) is 8.29. The molecule has 2 aromatic heterocycles. The lowest BCUT2D eigenvalue weighted by Gasteiger charge is -2.27. The minimum atomic E-state index is -3.33. The third-order valence-electron chi connectivity index (χ3n) is 3.66. The predicted molar refractivity (Wildman–Crippen MR) is 82.0 cm³/mol. The Kier molecular flexibility index (Phi) is 3.81. The quantitative estimate of drug-likeness (QED) is 0.806. The Labute approximate surface area is 128 Å². The first kappa shape index (κ1) is 14.6. The molecule has 7 heteroatoms. The lowest BCUT2D eigenvalue weighted by atomic mass is 10.1. The van der Waals surface area contributed by atoms with Crippen LogP contribution in [0, 0.1) is 6.92 Å². The third-order valence-corrected chi connectivity index (χ3v) is 5.53. The van der Waals surface area contributed by atoms with E-state index >= 15 is 0 Å². The molecule has 1 aliphatic rings. The van der Waals surface area contributed by atoms with Crippen molar-refractivity contribution >= 4 is 21.2 Å². The molecule has 0 bridgehead atoms. The maximum absolute atomic E-state index is 11.5. The largest absolute Gasteiger partial charge is 0.293 e. The summed E-state index contributed by atoms with van der Waals surface area (Å²) in [5, 5.41) is 2.05. The van der Waals surface area contributed by atoms with Crippen LogP contribution in [0.4, 0.5) is 0 Å². The van der Waals surface area contributed by atoms with Crippen LogP contribution in [-0.2, 0) is 29.3 Å². The molecule has 0 spiro atoms. The summed E-state index contributed by atoms with van der Waals surface area (Å²) in [6.07, 6.45) is 3.57. The van der Waals surface area contributed by atoms with E-state index in [0.717, 1.165) is 43.6 Å². The van der Waals surface area contributed by atoms with Gasteiger partial charge in [0.25, 0.3) is 0 Å². The smallest absolute Gasteiger partial charge is 0.246 e. The van der Waals surface area contributed by atoms with E-state index in [9.17, 15) is 8.42 Å². The van der Waals surface area contributed by atoms with E-state index in [2.05, 4.69) is 33.2 Å². The molecule has 2 aromatic rings. The van der Waals surface area contributed by atoms with E-state index in [4.69, 9.17) is 0 Å². The van der Waals surface area contributed by atoms with Gasteiger partial charge in [0.15, 0.2) is 0 Å². The van der Waals surface area contributed by atoms with E-state index in [1.807, 2.05) is 0 Å². The molecule has 0 aromatic carbocycles. The molecule has 112 valence electrons. The molecule has 0 aliphatic carbocycles. The highest BCUT2D eigenvalue weighted by molar-refractivity contribution is 7.90. The van der Waals surface area contributed by atoms with Gasteiger partial charge in [-0.15, -0.1) is 11.3 Å². The minimum Gasteiger partial charge on any atom is -0.293 e. The summed E-state index contributed by atoms with van der Waals surface area (Å²) in [6.45, 7) is 4.73. The Morgan fingerprint density at radius 1 is 1.43 bits per heavy atom. The van der Waals surface area contributed by atoms with Crippen molar-refractivity contribution in [3.63, 3.8) is 0 Å². The van der Waals surface area contributed by atoms with Crippen molar-refractivity contribution in [1.82, 2.24) is 14.9 Å². The highest BCUT2D eigenvalue weighted by Gasteiger charge is 2.21. The molecule has 0 fully saturated rings. The molecule has 0 N–H and O–H groups in total. The zero-order chi connectivity index (χ0) is 15.0. The van der Waals surface area contributed by atoms with E-state index in [-0.39, 0.29) is 5.16 Å². The lowest BCUT2D eigenvalue weighted by Crippen LogP contribution is -2.31. The summed E-state index contributed by atoms with van der Waals surface area (Å²) < 4.78 is 23.0. The predicted octanol–water partition coefficient (Wildman–Crippen LogP) is 1.81. The van der Waals surface area contributed by atoms with Gasteiger partial charge in [-0.05, 0) is 23.9 Å². The van der Waals surface area contributed by atoms with Crippen LogP contribution in [0.5, 0.6) is 0 Å². The van der Waals surface area contributed by atoms with Crippen LogP contribution < -0.4 is 0 Å². The van der Waals surface area contributed by atoms with Crippen LogP contribution in [0.3, 0.4) is 0 Å². The Hall–Kier alpha value is -1.31. The van der Waals surface area contributed by atoms with Gasteiger partial charge in [-0.25, -0.2) is 18.4 Å². The average Bonchev–Trinajstić information content (AvgIpc) is 2.82. The molecular formula is C14H17N3O2S2. The van der Waals surface area contributed by atoms with E-state index in [0.29, 0.717) is 0 Å². The Morgan fingerprint density at radius 2 is 2.24 bits per heavy atom. The second kappa shape index (κ2) is 5.47. The van der Waals surface area contributed by atoms with Gasteiger partial charge in [-0.2, -0.15) is 0 Å². The number of sulfone groups is 1. The number of aryl methyl sites for hydroxylation is 1. The fourth-order valence-electron chi connectivity index (χ4n) is 2.44. The van der Waals surface area contributed by atoms with Gasteiger partial charge in [-0.1, -0.05) is 0 Å². The molecule has 0 saturated carbocycles. The summed E-state index contributed by atoms with van der Waals surface area (Å²) >= 11 is 1.78. The molecule has 0 atom stereocenters. The van der Waals surface area contributed by atoms with Crippen molar-refractivity contribution < 1.29 is 8.42 Å². The Morgan fingerprint density at radius 3 is 2.90 bits per heavy atom. The number of thiophene rings is 1. The highest BCUT2D eigenvalue weighted by atomic mass is 32.2. The summed E-state index contributed by atoms with van der Waals surface area (Å²) in [7, 11) is -3.33. The third kappa shape index (κ3) is 3.14. The number of nitrogens with zero attached hydrogens (tertiary/aromatic N) is 3. The van der Waals surface area contributed by atoms with Gasteiger partial charge in [0.2, 0.25) is 15.0 Å². The summed E-state index contributed by atoms with van der Waals surface area (Å²) in [5.74, 6) is 0. The van der Waals surface area contributed by atoms with Crippen molar-refractivity contribution in [2.45, 2.75) is 31.6 Å². The van der Waals surface area contributed by atoms with E-state index in [1.165, 1.54) is 10.4 Å². The Balaban J connectivity index is 1.79. The highest BCUT2D eigenvalue weighted by Crippen LogP contribution is 2.23. The molecule has 0 radical (unpaired) electrons. The van der Waals surface area contributed by atoms with Crippen molar-refractivity contribution in [2.75, 3.05) is 12.8 Å². The molecule has 5 nitrogen and oxygen atoms in total. The van der Waals surface area contributed by atoms with Crippen LogP contribution in [0.25, 0.3) is 0 Å². The fourth-order valence-corrected chi connectivity index (χ4v) is 3.91. The molecule has 0 unspecified atom stereocenters. The first-order valence-electron chi connectivity index (χ1n) is 6.73. The van der Waals surface area contributed by atoms with Crippen LogP contribution in [0.1, 0.15) is 21.7 Å². The van der Waals surface area contributed by atoms with Crippen molar-refractivity contribution in [2.24, 2.45) is 0 Å². The number of aromatic nitrogens is 2. The zero-order valence-electron chi connectivity index (χ0n) is 12.0. The van der Waals surface area contributed by atoms with Gasteiger partial charge < -0.3 is 0 Å². The minimum absolute atomic E-state index is 0.0659. The topological polar surface area (TPSA) is 63.2 Å². The standard InChI is InChI=1S/C14H17N3O2S2/c1-10-4-6-20-13(10)9-17-5-3-12-11(8-17)7-15-14(16-12)21(2,18)19/h4,6-7H,3,5,8-9H2,1-2H3. The van der Waals surface area contributed by atoms with Crippen LogP contribution in [0.15, 0.2) is 22.8 Å². The monoisotopic (exact) mass is 323 g/mol. The SMILES string of the molecule is Cc1ccsc1CN1CCc2nc(S(C)(=O)=O)ncc2C1. The number of fused-ring (bicyclic) bond motifs is 1. The van der Waals surface area contributed by atoms with Crippen LogP contribution in [-0.4, -0.2) is 36.1 Å². The number of rotatable bonds is 3. The van der Waals surface area contributed by atoms with Crippen LogP contribution in [0.2, 0.25) is 0 Å². The molecule has 3 heterocycles. The molecule has 3 rings (SSSR count). The van der Waals surface area contributed by atoms with Gasteiger partial charge in [0.1, 0.15) is 0 Å². The molecule has 21 heavy (non-hydrogen) atoms. The zero-order valence-corrected chi connectivity index (χ0v) is 13.7. The Bertz CT molecular complexity index is 768. The van der Waals surface area contributed by atoms with Crippen molar-refractivity contribution in [3.8, 4) is 0 Å². The molecule has 1 aliphatic heterocycles. The van der Waals surface area contributed by atoms with Gasteiger partial charge >= 0.3 is 0 Å². The van der Waals surface area contributed by atoms with E-state index < -0.39 is 9.84 Å². The first-order chi connectivity index (χ1) is 9.93. The normalized spacial score (nSPS) is 15.9. The second-order valence-electron chi connectivity index (χ2n) is 5.38. The summed E-state index contributed by atoms with van der Waals surface area (Å²) in [4.78, 5) is 11.9. The maximum atomic E-state index is 11.5. The average molecular weight is 323 g/mol. The molecule has 0 amide bonds. The van der Waals surface area contributed by atoms with Gasteiger partial charge in [0.05, 0.1) is 5.69 Å². The molecular weight excluding hydrogens is 306 g/mol. The first-order valence-corrected chi connectivity index (χ1v) is 9.51. The van der Waals surface area contributed by atoms with Gasteiger partial charge in [0, 0.05) is 48.9 Å². The van der Waals surface area contributed by atoms with Gasteiger partial charge in [-0.3, -0.25) is 4.90 Å². The molecule has 0 saturated heterocycles. The summed E-state index contributed by atoms with van der Waals surface area (Å²) in [6, 6.07) is 2.14. The van der Waals surface area contributed by atoms with Crippen molar-refractivity contribution in [3.05, 3.63) is 39.3 Å². The van der Waals surface area contributed by atoms with E-state index in [1.54, 1.807) is 17.5 Å². The number of hydrogen-bond acceptors (Lipinski definition) is 6. The number of hydrogen-bond donors (Lipinski definition) is 0. The summed E-state index contributed by atoms with van der Waals surface area (Å²) in [5.41, 5.74) is 3.22. The van der Waals surface area contributed by atoms with Crippen LogP contribution >= 0.6 is 11.3 Å². The lowest BCUT2D eigenvalue weighted by molar-refractivity contribution is 0.244. The maximum Gasteiger partial charge on any atom is 0.246 e. The van der Waals surface area contributed by atoms with Crippen molar-refractivity contribution in [1.29, 1.82) is 0 Å².